The Morgan fingerprint density at radius 1 is 1.60 bits per heavy atom. The summed E-state index contributed by atoms with van der Waals surface area (Å²) in [6.07, 6.45) is 2.82. The maximum Gasteiger partial charge on any atom is 0.368 e. The molecule has 0 aliphatic heterocycles. The average molecular weight is 343 g/mol. The van der Waals surface area contributed by atoms with Crippen LogP contribution in [0.25, 0.3) is 5.69 Å². The maximum absolute atomic E-state index is 11.9. The predicted molar refractivity (Wildman–Crippen MR) is 69.5 cm³/mol. The standard InChI is InChI=1S/C10H9BrN6O3/c1-16-10(18)17(15-14-16)7-5-20-9(11)6(7)4-19-8-2-3-12-13-8/h2-3,5H,4H2,1H3,(H,12,13)/i/hT. The highest BCUT2D eigenvalue weighted by Gasteiger charge is 2.18. The van der Waals surface area contributed by atoms with Crippen LogP contribution in [-0.2, 0) is 13.7 Å². The van der Waals surface area contributed by atoms with Crippen LogP contribution >= 0.6 is 15.9 Å². The van der Waals surface area contributed by atoms with E-state index in [2.05, 4.69) is 31.5 Å². The van der Waals surface area contributed by atoms with Gasteiger partial charge in [0.25, 0.3) is 0 Å². The van der Waals surface area contributed by atoms with Gasteiger partial charge >= 0.3 is 5.69 Å². The lowest BCUT2D eigenvalue weighted by atomic mass is 10.3. The molecule has 0 radical (unpaired) electrons. The van der Waals surface area contributed by atoms with E-state index in [0.29, 0.717) is 15.9 Å². The molecule has 0 aromatic carbocycles. The molecule has 0 amide bonds. The fraction of sp³-hybridized carbons (Fsp3) is 0.200. The molecule has 0 aliphatic rings. The third-order valence-electron chi connectivity index (χ3n) is 2.57. The number of hydrogen-bond acceptors (Lipinski definition) is 6. The van der Waals surface area contributed by atoms with Crippen molar-refractivity contribution in [2.45, 2.75) is 6.61 Å². The van der Waals surface area contributed by atoms with Gasteiger partial charge in [-0.1, -0.05) is 0 Å². The van der Waals surface area contributed by atoms with Crippen LogP contribution in [-0.4, -0.2) is 30.0 Å². The number of H-pyrrole nitrogens is 1. The monoisotopic (exact) mass is 342 g/mol. The third kappa shape index (κ3) is 2.13. The van der Waals surface area contributed by atoms with E-state index in [-0.39, 0.29) is 12.5 Å². The van der Waals surface area contributed by atoms with Gasteiger partial charge in [-0.15, -0.1) is 5.10 Å². The minimum Gasteiger partial charge on any atom is -0.471 e. The predicted octanol–water partition coefficient (Wildman–Crippen LogP) is 0.624. The summed E-state index contributed by atoms with van der Waals surface area (Å²) in [5, 5.41) is 12.1. The van der Waals surface area contributed by atoms with E-state index in [0.717, 1.165) is 14.5 Å². The number of nitrogens with one attached hydrogen (secondary N) is 1. The lowest BCUT2D eigenvalue weighted by Gasteiger charge is -2.03. The SMILES string of the molecule is [3H]n1ccc(OCc2c(-n3nnn(C)c3=O)coc2Br)n1. The van der Waals surface area contributed by atoms with Crippen LogP contribution in [0.1, 0.15) is 5.56 Å². The Hall–Kier alpha value is -2.36. The molecular weight excluding hydrogens is 332 g/mol. The van der Waals surface area contributed by atoms with Crippen molar-refractivity contribution in [1.29, 1.82) is 0 Å². The van der Waals surface area contributed by atoms with Crippen molar-refractivity contribution in [2.24, 2.45) is 7.05 Å². The number of aromatic nitrogens is 6. The summed E-state index contributed by atoms with van der Waals surface area (Å²) < 4.78 is 20.6. The Balaban J connectivity index is 1.90. The number of tetrazole rings is 1. The third-order valence-corrected chi connectivity index (χ3v) is 3.24. The second kappa shape index (κ2) is 4.96. The highest BCUT2D eigenvalue weighted by atomic mass is 79.9. The summed E-state index contributed by atoms with van der Waals surface area (Å²) in [5.41, 5.74) is 0.599. The number of ether oxygens (including phenoxy) is 1. The molecule has 3 heterocycles. The van der Waals surface area contributed by atoms with E-state index >= 15 is 0 Å². The van der Waals surface area contributed by atoms with Gasteiger partial charge in [0.15, 0.2) is 6.08 Å². The second-order valence-electron chi connectivity index (χ2n) is 3.83. The minimum absolute atomic E-state index is 0.0897. The van der Waals surface area contributed by atoms with Gasteiger partial charge in [-0.05, 0) is 26.4 Å². The lowest BCUT2D eigenvalue weighted by molar-refractivity contribution is 0.290. The molecule has 0 spiro atoms. The van der Waals surface area contributed by atoms with Crippen molar-refractivity contribution >= 4 is 15.9 Å². The molecule has 0 unspecified atom stereocenters. The van der Waals surface area contributed by atoms with E-state index in [1.54, 1.807) is 6.07 Å². The molecule has 1 N–H and O–H groups in total. The van der Waals surface area contributed by atoms with Crippen LogP contribution < -0.4 is 10.4 Å². The largest absolute Gasteiger partial charge is 0.471 e. The molecule has 3 rings (SSSR count). The molecule has 3 aromatic rings. The number of hydrogen-bond donors (Lipinski definition) is 1. The molecule has 0 atom stereocenters. The van der Waals surface area contributed by atoms with Gasteiger partial charge in [0.2, 0.25) is 5.88 Å². The molecule has 104 valence electrons. The zero-order valence-electron chi connectivity index (χ0n) is 11.2. The van der Waals surface area contributed by atoms with Crippen LogP contribution in [0.5, 0.6) is 5.88 Å². The van der Waals surface area contributed by atoms with Gasteiger partial charge in [-0.25, -0.2) is 4.79 Å². The van der Waals surface area contributed by atoms with E-state index < -0.39 is 5.69 Å². The molecular formula is C10H9BrN6O3. The Morgan fingerprint density at radius 2 is 2.45 bits per heavy atom. The first-order chi connectivity index (χ1) is 10.1. The highest BCUT2D eigenvalue weighted by molar-refractivity contribution is 9.10. The van der Waals surface area contributed by atoms with Crippen LogP contribution in [0.4, 0.5) is 0 Å². The van der Waals surface area contributed by atoms with E-state index in [4.69, 9.17) is 10.6 Å². The summed E-state index contributed by atoms with van der Waals surface area (Å²) in [6, 6.07) is 1.55. The van der Waals surface area contributed by atoms with Gasteiger partial charge in [-0.2, -0.15) is 9.36 Å². The highest BCUT2D eigenvalue weighted by Crippen LogP contribution is 2.26. The smallest absolute Gasteiger partial charge is 0.368 e. The van der Waals surface area contributed by atoms with Crippen LogP contribution in [0.3, 0.4) is 0 Å². The molecule has 0 fully saturated rings. The number of furan rings is 1. The minimum atomic E-state index is -0.403. The summed E-state index contributed by atoms with van der Waals surface area (Å²) in [7, 11) is 1.50. The van der Waals surface area contributed by atoms with Crippen LogP contribution in [0, 0.1) is 0 Å². The van der Waals surface area contributed by atoms with Gasteiger partial charge in [0.1, 0.15) is 18.6 Å². The van der Waals surface area contributed by atoms with E-state index in [1.807, 2.05) is 0 Å². The summed E-state index contributed by atoms with van der Waals surface area (Å²) in [4.78, 5) is 11.9. The molecule has 0 aliphatic carbocycles. The maximum atomic E-state index is 11.9. The number of aromatic amines is 1. The normalized spacial score (nSPS) is 11.6. The van der Waals surface area contributed by atoms with Crippen LogP contribution in [0.2, 0.25) is 1.41 Å². The fourth-order valence-corrected chi connectivity index (χ4v) is 1.98. The fourth-order valence-electron chi connectivity index (χ4n) is 1.57. The van der Waals surface area contributed by atoms with E-state index in [9.17, 15) is 4.79 Å². The number of halogens is 1. The number of aryl methyl sites for hydroxylation is 1. The van der Waals surface area contributed by atoms with Gasteiger partial charge in [0.05, 0.1) is 5.56 Å². The quantitative estimate of drug-likeness (QED) is 0.745. The molecule has 20 heavy (non-hydrogen) atoms. The van der Waals surface area contributed by atoms with Gasteiger partial charge < -0.3 is 9.15 Å². The molecule has 9 nitrogen and oxygen atoms in total. The van der Waals surface area contributed by atoms with Crippen LogP contribution in [0.15, 0.2) is 32.4 Å². The summed E-state index contributed by atoms with van der Waals surface area (Å²) in [5.74, 6) is 0.288. The Kier molecular flexibility index (Phi) is 2.84. The second-order valence-corrected chi connectivity index (χ2v) is 4.55. The zero-order valence-corrected chi connectivity index (χ0v) is 11.8. The Morgan fingerprint density at radius 3 is 3.10 bits per heavy atom. The first-order valence-electron chi connectivity index (χ1n) is 5.94. The molecule has 0 bridgehead atoms. The summed E-state index contributed by atoms with van der Waals surface area (Å²) >= 11 is 3.24. The van der Waals surface area contributed by atoms with Crippen molar-refractivity contribution in [3.8, 4) is 11.6 Å². The molecule has 3 aromatic heterocycles. The van der Waals surface area contributed by atoms with Crippen molar-refractivity contribution in [3.63, 3.8) is 0 Å². The Labute approximate surface area is 121 Å². The van der Waals surface area contributed by atoms with Crippen molar-refractivity contribution in [1.82, 2.24) is 30.0 Å². The molecule has 10 heteroatoms. The number of rotatable bonds is 4. The average Bonchev–Trinajstić information content (AvgIpc) is 3.11. The van der Waals surface area contributed by atoms with Crippen molar-refractivity contribution in [3.05, 3.63) is 39.2 Å². The Bertz CT molecular complexity index is 834. The lowest BCUT2D eigenvalue weighted by Crippen LogP contribution is -2.22. The molecule has 0 saturated heterocycles. The topological polar surface area (TPSA) is 104 Å². The number of nitrogens with zero attached hydrogens (tertiary/aromatic N) is 5. The van der Waals surface area contributed by atoms with Gasteiger partial charge in [-0.3, -0.25) is 5.09 Å². The van der Waals surface area contributed by atoms with Gasteiger partial charge in [0, 0.05) is 19.3 Å². The van der Waals surface area contributed by atoms with E-state index in [1.165, 1.54) is 19.5 Å². The summed E-state index contributed by atoms with van der Waals surface area (Å²) in [6.45, 7) is 0.0897. The van der Waals surface area contributed by atoms with Crippen molar-refractivity contribution in [2.75, 3.05) is 0 Å². The molecule has 0 saturated carbocycles. The first-order valence-corrected chi connectivity index (χ1v) is 6.28. The van der Waals surface area contributed by atoms with Crippen molar-refractivity contribution < 1.29 is 10.6 Å². The zero-order chi connectivity index (χ0) is 15.0. The first kappa shape index (κ1) is 11.5.